The number of nitrogens with zero attached hydrogens (tertiary/aromatic N) is 1. The molecule has 3 nitrogen and oxygen atoms in total. The van der Waals surface area contributed by atoms with Crippen molar-refractivity contribution in [1.29, 1.82) is 0 Å². The third-order valence-corrected chi connectivity index (χ3v) is 7.72. The highest BCUT2D eigenvalue weighted by Crippen LogP contribution is 2.53. The lowest BCUT2D eigenvalue weighted by molar-refractivity contribution is -0.00138. The quantitative estimate of drug-likeness (QED) is 0.884. The SMILES string of the molecule is Cl.O=C(N[C@@H]1C2CCN(CC2)C12CC2)c1cc2c(s1)CCCC2. The van der Waals surface area contributed by atoms with Crippen molar-refractivity contribution in [2.24, 2.45) is 5.92 Å². The van der Waals surface area contributed by atoms with Crippen molar-refractivity contribution in [1.82, 2.24) is 10.2 Å². The van der Waals surface area contributed by atoms with Crippen molar-refractivity contribution in [3.05, 3.63) is 21.4 Å². The lowest BCUT2D eigenvalue weighted by Gasteiger charge is -2.52. The highest BCUT2D eigenvalue weighted by atomic mass is 35.5. The van der Waals surface area contributed by atoms with E-state index in [9.17, 15) is 4.79 Å². The third kappa shape index (κ3) is 2.45. The Morgan fingerprint density at radius 3 is 2.65 bits per heavy atom. The highest BCUT2D eigenvalue weighted by molar-refractivity contribution is 7.14. The summed E-state index contributed by atoms with van der Waals surface area (Å²) in [4.78, 5) is 17.9. The minimum atomic E-state index is 0. The average Bonchev–Trinajstić information content (AvgIpc) is 3.20. The molecule has 6 rings (SSSR count). The summed E-state index contributed by atoms with van der Waals surface area (Å²) >= 11 is 1.75. The molecule has 1 saturated carbocycles. The van der Waals surface area contributed by atoms with Gasteiger partial charge in [-0.05, 0) is 82.0 Å². The number of amides is 1. The van der Waals surface area contributed by atoms with Gasteiger partial charge in [-0.3, -0.25) is 9.69 Å². The van der Waals surface area contributed by atoms with Crippen LogP contribution < -0.4 is 5.32 Å². The summed E-state index contributed by atoms with van der Waals surface area (Å²) in [7, 11) is 0. The second-order valence-corrected chi connectivity index (χ2v) is 8.78. The minimum absolute atomic E-state index is 0. The standard InChI is InChI=1S/C18H24N2OS.ClH/c21-17(15-11-13-3-1-2-4-14(13)22-15)19-16-12-5-9-20(10-6-12)18(16)7-8-18;/h11-12,16H,1-10H2,(H,19,21);1H/t16-;/m1./s1. The Morgan fingerprint density at radius 2 is 1.96 bits per heavy atom. The Kier molecular flexibility index (Phi) is 3.98. The topological polar surface area (TPSA) is 32.3 Å². The van der Waals surface area contributed by atoms with Crippen LogP contribution in [0.15, 0.2) is 6.07 Å². The van der Waals surface area contributed by atoms with Gasteiger partial charge in [-0.2, -0.15) is 0 Å². The lowest BCUT2D eigenvalue weighted by Crippen LogP contribution is -2.65. The summed E-state index contributed by atoms with van der Waals surface area (Å²) in [6, 6.07) is 2.58. The molecule has 1 aromatic rings. The van der Waals surface area contributed by atoms with E-state index < -0.39 is 0 Å². The summed E-state index contributed by atoms with van der Waals surface area (Å²) in [5.74, 6) is 0.912. The molecular formula is C18H25ClN2OS. The van der Waals surface area contributed by atoms with Crippen molar-refractivity contribution in [2.45, 2.75) is 62.9 Å². The van der Waals surface area contributed by atoms with Crippen LogP contribution in [0.4, 0.5) is 0 Å². The molecule has 0 unspecified atom stereocenters. The highest BCUT2D eigenvalue weighted by Gasteiger charge is 2.60. The molecule has 3 saturated heterocycles. The number of hydrogen-bond donors (Lipinski definition) is 1. The molecule has 4 heterocycles. The molecule has 2 aliphatic carbocycles. The van der Waals surface area contributed by atoms with Gasteiger partial charge in [0.2, 0.25) is 0 Å². The number of aryl methyl sites for hydroxylation is 2. The predicted molar refractivity (Wildman–Crippen MR) is 95.7 cm³/mol. The normalized spacial score (nSPS) is 33.0. The minimum Gasteiger partial charge on any atom is -0.346 e. The monoisotopic (exact) mass is 352 g/mol. The molecule has 0 aromatic carbocycles. The van der Waals surface area contributed by atoms with E-state index in [-0.39, 0.29) is 18.3 Å². The van der Waals surface area contributed by atoms with Crippen molar-refractivity contribution in [2.75, 3.05) is 13.1 Å². The van der Waals surface area contributed by atoms with Gasteiger partial charge < -0.3 is 5.32 Å². The largest absolute Gasteiger partial charge is 0.346 e. The number of fused-ring (bicyclic) bond motifs is 3. The van der Waals surface area contributed by atoms with Gasteiger partial charge in [-0.1, -0.05) is 0 Å². The Morgan fingerprint density at radius 1 is 1.22 bits per heavy atom. The van der Waals surface area contributed by atoms with Crippen LogP contribution in [0.1, 0.15) is 58.6 Å². The zero-order chi connectivity index (χ0) is 14.7. The molecular weight excluding hydrogens is 328 g/mol. The van der Waals surface area contributed by atoms with Crippen LogP contribution in [0.2, 0.25) is 0 Å². The fourth-order valence-corrected chi connectivity index (χ4v) is 6.29. The molecule has 5 aliphatic rings. The van der Waals surface area contributed by atoms with Crippen LogP contribution in [0.3, 0.4) is 0 Å². The first-order valence-electron chi connectivity index (χ1n) is 8.94. The molecule has 2 bridgehead atoms. The van der Waals surface area contributed by atoms with Crippen molar-refractivity contribution in [3.8, 4) is 0 Å². The summed E-state index contributed by atoms with van der Waals surface area (Å²) < 4.78 is 0. The van der Waals surface area contributed by atoms with Gasteiger partial charge in [-0.15, -0.1) is 23.7 Å². The number of halogens is 1. The fourth-order valence-electron chi connectivity index (χ4n) is 5.14. The maximum absolute atomic E-state index is 12.8. The molecule has 5 heteroatoms. The van der Waals surface area contributed by atoms with E-state index in [0.29, 0.717) is 17.5 Å². The number of hydrogen-bond acceptors (Lipinski definition) is 3. The molecule has 1 atom stereocenters. The number of nitrogens with one attached hydrogen (secondary N) is 1. The number of piperidine rings is 3. The first-order chi connectivity index (χ1) is 10.8. The Hall–Kier alpha value is -0.580. The summed E-state index contributed by atoms with van der Waals surface area (Å²) in [5.41, 5.74) is 1.78. The molecule has 3 aliphatic heterocycles. The molecule has 23 heavy (non-hydrogen) atoms. The zero-order valence-electron chi connectivity index (χ0n) is 13.5. The Balaban J connectivity index is 0.00000135. The van der Waals surface area contributed by atoms with E-state index in [1.54, 1.807) is 11.3 Å². The number of thiophene rings is 1. The smallest absolute Gasteiger partial charge is 0.261 e. The molecule has 4 fully saturated rings. The summed E-state index contributed by atoms with van der Waals surface area (Å²) in [6.07, 6.45) is 10.0. The predicted octanol–water partition coefficient (Wildman–Crippen LogP) is 3.41. The van der Waals surface area contributed by atoms with E-state index in [4.69, 9.17) is 0 Å². The van der Waals surface area contributed by atoms with Gasteiger partial charge in [0.15, 0.2) is 0 Å². The average molecular weight is 353 g/mol. The summed E-state index contributed by atoms with van der Waals surface area (Å²) in [5, 5.41) is 3.46. The number of carbonyl (C=O) groups is 1. The zero-order valence-corrected chi connectivity index (χ0v) is 15.1. The first-order valence-corrected chi connectivity index (χ1v) is 9.75. The van der Waals surface area contributed by atoms with Crippen molar-refractivity contribution < 1.29 is 4.79 Å². The fraction of sp³-hybridized carbons (Fsp3) is 0.722. The van der Waals surface area contributed by atoms with E-state index in [0.717, 1.165) is 4.88 Å². The van der Waals surface area contributed by atoms with E-state index in [2.05, 4.69) is 16.3 Å². The first kappa shape index (κ1) is 15.9. The lowest BCUT2D eigenvalue weighted by atomic mass is 9.77. The maximum atomic E-state index is 12.8. The van der Waals surface area contributed by atoms with E-state index in [1.165, 1.54) is 74.9 Å². The van der Waals surface area contributed by atoms with Crippen LogP contribution in [-0.2, 0) is 12.8 Å². The van der Waals surface area contributed by atoms with Gasteiger partial charge in [-0.25, -0.2) is 0 Å². The molecule has 0 radical (unpaired) electrons. The molecule has 1 aromatic heterocycles. The Labute approximate surface area is 148 Å². The van der Waals surface area contributed by atoms with Gasteiger partial charge in [0.25, 0.3) is 5.91 Å². The third-order valence-electron chi connectivity index (χ3n) is 6.49. The van der Waals surface area contributed by atoms with Gasteiger partial charge in [0.05, 0.1) is 10.9 Å². The van der Waals surface area contributed by atoms with Crippen LogP contribution in [-0.4, -0.2) is 35.5 Å². The summed E-state index contributed by atoms with van der Waals surface area (Å²) in [6.45, 7) is 2.51. The van der Waals surface area contributed by atoms with Crippen LogP contribution >= 0.6 is 23.7 Å². The van der Waals surface area contributed by atoms with Crippen molar-refractivity contribution >= 4 is 29.7 Å². The molecule has 126 valence electrons. The van der Waals surface area contributed by atoms with Crippen molar-refractivity contribution in [3.63, 3.8) is 0 Å². The van der Waals surface area contributed by atoms with Gasteiger partial charge >= 0.3 is 0 Å². The second-order valence-electron chi connectivity index (χ2n) is 7.65. The van der Waals surface area contributed by atoms with Crippen LogP contribution in [0.5, 0.6) is 0 Å². The van der Waals surface area contributed by atoms with E-state index >= 15 is 0 Å². The van der Waals surface area contributed by atoms with Gasteiger partial charge in [0, 0.05) is 10.4 Å². The second kappa shape index (κ2) is 5.75. The number of rotatable bonds is 2. The van der Waals surface area contributed by atoms with Gasteiger partial charge in [0.1, 0.15) is 0 Å². The molecule has 1 spiro atoms. The maximum Gasteiger partial charge on any atom is 0.261 e. The van der Waals surface area contributed by atoms with Crippen LogP contribution in [0, 0.1) is 5.92 Å². The number of carbonyl (C=O) groups excluding carboxylic acids is 1. The molecule has 1 amide bonds. The molecule has 1 N–H and O–H groups in total. The van der Waals surface area contributed by atoms with Crippen LogP contribution in [0.25, 0.3) is 0 Å². The Bertz CT molecular complexity index is 593. The van der Waals surface area contributed by atoms with E-state index in [1.807, 2.05) is 0 Å².